The smallest absolute Gasteiger partial charge is 0.293 e. The van der Waals surface area contributed by atoms with Gasteiger partial charge in [-0.15, -0.1) is 0 Å². The van der Waals surface area contributed by atoms with Crippen molar-refractivity contribution < 1.29 is 4.92 Å². The van der Waals surface area contributed by atoms with Gasteiger partial charge in [-0.05, 0) is 36.2 Å². The van der Waals surface area contributed by atoms with Crippen LogP contribution in [0.3, 0.4) is 0 Å². The molecule has 0 aliphatic heterocycles. The number of benzene rings is 2. The third-order valence-electron chi connectivity index (χ3n) is 2.87. The molecule has 2 aromatic carbocycles. The van der Waals surface area contributed by atoms with Crippen LogP contribution in [-0.4, -0.2) is 11.5 Å². The topological polar surface area (TPSA) is 81.2 Å². The first kappa shape index (κ1) is 14.3. The van der Waals surface area contributed by atoms with Crippen LogP contribution in [0.15, 0.2) is 46.9 Å². The van der Waals surface area contributed by atoms with E-state index in [-0.39, 0.29) is 5.69 Å². The van der Waals surface area contributed by atoms with Crippen molar-refractivity contribution in [1.29, 1.82) is 0 Å². The highest BCUT2D eigenvalue weighted by molar-refractivity contribution is 9.10. The minimum absolute atomic E-state index is 0.0664. The molecule has 104 valence electrons. The van der Waals surface area contributed by atoms with E-state index in [2.05, 4.69) is 21.2 Å². The summed E-state index contributed by atoms with van der Waals surface area (Å²) in [7, 11) is 0. The maximum atomic E-state index is 11.0. The first-order valence-electron chi connectivity index (χ1n) is 6.08. The van der Waals surface area contributed by atoms with Crippen LogP contribution in [0.1, 0.15) is 5.56 Å². The average molecular weight is 336 g/mol. The quantitative estimate of drug-likeness (QED) is 0.497. The van der Waals surface area contributed by atoms with Crippen molar-refractivity contribution >= 4 is 33.0 Å². The Hall–Kier alpha value is -2.08. The summed E-state index contributed by atoms with van der Waals surface area (Å²) < 4.78 is 0.688. The van der Waals surface area contributed by atoms with Crippen molar-refractivity contribution in [3.05, 3.63) is 62.6 Å². The molecule has 0 unspecified atom stereocenters. The molecule has 0 aliphatic rings. The molecule has 20 heavy (non-hydrogen) atoms. The summed E-state index contributed by atoms with van der Waals surface area (Å²) in [5.74, 6) is 0. The lowest BCUT2D eigenvalue weighted by molar-refractivity contribution is -0.384. The van der Waals surface area contributed by atoms with Gasteiger partial charge in [0.2, 0.25) is 0 Å². The number of nitrogens with two attached hydrogens (primary N) is 1. The van der Waals surface area contributed by atoms with Crippen LogP contribution in [0.5, 0.6) is 0 Å². The molecule has 2 rings (SSSR count). The van der Waals surface area contributed by atoms with E-state index in [0.29, 0.717) is 16.7 Å². The predicted octanol–water partition coefficient (Wildman–Crippen LogP) is 3.59. The number of halogens is 1. The van der Waals surface area contributed by atoms with Crippen molar-refractivity contribution in [3.8, 4) is 0 Å². The Morgan fingerprint density at radius 2 is 1.90 bits per heavy atom. The summed E-state index contributed by atoms with van der Waals surface area (Å²) in [4.78, 5) is 10.6. The maximum Gasteiger partial charge on any atom is 0.293 e. The van der Waals surface area contributed by atoms with Crippen molar-refractivity contribution in [1.82, 2.24) is 0 Å². The van der Waals surface area contributed by atoms with Crippen LogP contribution in [-0.2, 0) is 6.42 Å². The monoisotopic (exact) mass is 335 g/mol. The molecule has 6 heteroatoms. The van der Waals surface area contributed by atoms with E-state index in [4.69, 9.17) is 5.73 Å². The first-order chi connectivity index (χ1) is 9.56. The van der Waals surface area contributed by atoms with E-state index in [1.54, 1.807) is 12.1 Å². The maximum absolute atomic E-state index is 11.0. The van der Waals surface area contributed by atoms with Crippen LogP contribution in [0.4, 0.5) is 17.1 Å². The molecule has 0 radical (unpaired) electrons. The molecule has 2 aromatic rings. The highest BCUT2D eigenvalue weighted by Gasteiger charge is 2.13. The molecule has 0 bridgehead atoms. The molecule has 0 saturated heterocycles. The zero-order valence-electron chi connectivity index (χ0n) is 10.7. The molecule has 0 spiro atoms. The van der Waals surface area contributed by atoms with Crippen molar-refractivity contribution in [2.45, 2.75) is 6.42 Å². The largest absolute Gasteiger partial charge is 0.399 e. The number of rotatable bonds is 5. The number of nitrogens with one attached hydrogen (secondary N) is 1. The molecule has 0 amide bonds. The fraction of sp³-hybridized carbons (Fsp3) is 0.143. The van der Waals surface area contributed by atoms with Gasteiger partial charge in [0.1, 0.15) is 5.69 Å². The van der Waals surface area contributed by atoms with Crippen molar-refractivity contribution in [3.63, 3.8) is 0 Å². The SMILES string of the molecule is Nc1ccc(CCNc2ccc(Br)cc2[N+](=O)[O-])cc1. The van der Waals surface area contributed by atoms with E-state index in [1.165, 1.54) is 6.07 Å². The molecule has 0 aromatic heterocycles. The van der Waals surface area contributed by atoms with Crippen LogP contribution in [0, 0.1) is 10.1 Å². The lowest BCUT2D eigenvalue weighted by Crippen LogP contribution is -2.07. The number of nitrogen functional groups attached to an aromatic ring is 1. The Bertz CT molecular complexity index is 614. The predicted molar refractivity (Wildman–Crippen MR) is 83.8 cm³/mol. The molecule has 3 N–H and O–H groups in total. The zero-order chi connectivity index (χ0) is 14.5. The number of nitro groups is 1. The molecule has 0 heterocycles. The van der Waals surface area contributed by atoms with Gasteiger partial charge in [0.05, 0.1) is 4.92 Å². The minimum Gasteiger partial charge on any atom is -0.399 e. The molecule has 0 saturated carbocycles. The zero-order valence-corrected chi connectivity index (χ0v) is 12.3. The van der Waals surface area contributed by atoms with Crippen LogP contribution >= 0.6 is 15.9 Å². The molecular formula is C14H14BrN3O2. The summed E-state index contributed by atoms with van der Waals surface area (Å²) in [5, 5.41) is 14.1. The van der Waals surface area contributed by atoms with Gasteiger partial charge in [-0.3, -0.25) is 10.1 Å². The Kier molecular flexibility index (Phi) is 4.57. The summed E-state index contributed by atoms with van der Waals surface area (Å²) in [6.45, 7) is 0.617. The van der Waals surface area contributed by atoms with Gasteiger partial charge in [0, 0.05) is 22.8 Å². The second-order valence-electron chi connectivity index (χ2n) is 4.34. The summed E-state index contributed by atoms with van der Waals surface area (Å²) in [6.07, 6.45) is 0.771. The lowest BCUT2D eigenvalue weighted by atomic mass is 10.1. The Morgan fingerprint density at radius 1 is 1.20 bits per heavy atom. The van der Waals surface area contributed by atoms with E-state index >= 15 is 0 Å². The molecule has 0 fully saturated rings. The highest BCUT2D eigenvalue weighted by atomic mass is 79.9. The van der Waals surface area contributed by atoms with E-state index in [9.17, 15) is 10.1 Å². The van der Waals surface area contributed by atoms with Gasteiger partial charge in [-0.25, -0.2) is 0 Å². The van der Waals surface area contributed by atoms with Gasteiger partial charge >= 0.3 is 0 Å². The average Bonchev–Trinajstić information content (AvgIpc) is 2.42. The second kappa shape index (κ2) is 6.38. The minimum atomic E-state index is -0.393. The van der Waals surface area contributed by atoms with Crippen LogP contribution in [0.2, 0.25) is 0 Å². The Labute approximate surface area is 125 Å². The number of hydrogen-bond donors (Lipinski definition) is 2. The number of hydrogen-bond acceptors (Lipinski definition) is 4. The van der Waals surface area contributed by atoms with Gasteiger partial charge in [-0.1, -0.05) is 28.1 Å². The summed E-state index contributed by atoms with van der Waals surface area (Å²) in [6, 6.07) is 12.6. The lowest BCUT2D eigenvalue weighted by Gasteiger charge is -2.07. The molecule has 0 atom stereocenters. The normalized spacial score (nSPS) is 10.2. The third kappa shape index (κ3) is 3.71. The fourth-order valence-electron chi connectivity index (χ4n) is 1.83. The van der Waals surface area contributed by atoms with Crippen LogP contribution < -0.4 is 11.1 Å². The van der Waals surface area contributed by atoms with Crippen molar-refractivity contribution in [2.24, 2.45) is 0 Å². The first-order valence-corrected chi connectivity index (χ1v) is 6.88. The Morgan fingerprint density at radius 3 is 2.55 bits per heavy atom. The standard InChI is InChI=1S/C14H14BrN3O2/c15-11-3-6-13(14(9-11)18(19)20)17-8-7-10-1-4-12(16)5-2-10/h1-6,9,17H,7-8,16H2. The number of nitrogens with zero attached hydrogens (tertiary/aromatic N) is 1. The van der Waals surface area contributed by atoms with Gasteiger partial charge in [0.15, 0.2) is 0 Å². The van der Waals surface area contributed by atoms with Gasteiger partial charge < -0.3 is 11.1 Å². The van der Waals surface area contributed by atoms with Crippen molar-refractivity contribution in [2.75, 3.05) is 17.6 Å². The Balaban J connectivity index is 2.00. The van der Waals surface area contributed by atoms with Gasteiger partial charge in [-0.2, -0.15) is 0 Å². The van der Waals surface area contributed by atoms with E-state index < -0.39 is 4.92 Å². The molecule has 0 aliphatic carbocycles. The third-order valence-corrected chi connectivity index (χ3v) is 3.36. The second-order valence-corrected chi connectivity index (χ2v) is 5.25. The fourth-order valence-corrected chi connectivity index (χ4v) is 2.18. The number of anilines is 2. The molecular weight excluding hydrogens is 322 g/mol. The molecule has 5 nitrogen and oxygen atoms in total. The van der Waals surface area contributed by atoms with E-state index in [0.717, 1.165) is 17.7 Å². The summed E-state index contributed by atoms with van der Waals surface area (Å²) >= 11 is 3.23. The summed E-state index contributed by atoms with van der Waals surface area (Å²) in [5.41, 5.74) is 8.07. The van der Waals surface area contributed by atoms with Gasteiger partial charge in [0.25, 0.3) is 5.69 Å². The number of nitro benzene ring substituents is 1. The van der Waals surface area contributed by atoms with Crippen LogP contribution in [0.25, 0.3) is 0 Å². The van der Waals surface area contributed by atoms with E-state index in [1.807, 2.05) is 24.3 Å². The highest BCUT2D eigenvalue weighted by Crippen LogP contribution is 2.27.